The number of hydrogen-bond acceptors (Lipinski definition) is 4. The number of hydrogen-bond donors (Lipinski definition) is 3. The van der Waals surface area contributed by atoms with Gasteiger partial charge in [-0.05, 0) is 18.6 Å². The fourth-order valence-corrected chi connectivity index (χ4v) is 1.45. The maximum absolute atomic E-state index is 11.7. The van der Waals surface area contributed by atoms with E-state index in [2.05, 4.69) is 5.32 Å². The molecule has 0 fully saturated rings. The van der Waals surface area contributed by atoms with Crippen LogP contribution >= 0.6 is 0 Å². The van der Waals surface area contributed by atoms with Crippen molar-refractivity contribution in [2.75, 3.05) is 0 Å². The van der Waals surface area contributed by atoms with Crippen molar-refractivity contribution in [2.45, 2.75) is 25.8 Å². The van der Waals surface area contributed by atoms with Crippen LogP contribution in [-0.4, -0.2) is 22.2 Å². The number of rotatable bonds is 4. The Labute approximate surface area is 99.3 Å². The molecule has 1 aromatic rings. The third kappa shape index (κ3) is 3.11. The quantitative estimate of drug-likeness (QED) is 0.736. The molecule has 0 aliphatic heterocycles. The lowest BCUT2D eigenvalue weighted by Gasteiger charge is -2.12. The van der Waals surface area contributed by atoms with E-state index in [0.29, 0.717) is 6.42 Å². The third-order valence-electron chi connectivity index (χ3n) is 2.29. The first-order chi connectivity index (χ1) is 8.10. The summed E-state index contributed by atoms with van der Waals surface area (Å²) in [5, 5.41) is 30.2. The number of benzene rings is 1. The van der Waals surface area contributed by atoms with Gasteiger partial charge in [0.2, 0.25) is 0 Å². The summed E-state index contributed by atoms with van der Waals surface area (Å²) in [6.07, 6.45) is 1.28. The fourth-order valence-electron chi connectivity index (χ4n) is 1.45. The Balaban J connectivity index is 2.87. The standard InChI is InChI=1S/C12H14N2O3/c1-2-4-8(7-13)14-12(17)11-9(15)5-3-6-10(11)16/h3,5-6,8,15-16H,2,4H2,1H3,(H,14,17). The van der Waals surface area contributed by atoms with Gasteiger partial charge in [-0.15, -0.1) is 0 Å². The van der Waals surface area contributed by atoms with Gasteiger partial charge >= 0.3 is 0 Å². The van der Waals surface area contributed by atoms with E-state index in [4.69, 9.17) is 5.26 Å². The zero-order valence-electron chi connectivity index (χ0n) is 9.47. The minimum atomic E-state index is -0.652. The van der Waals surface area contributed by atoms with E-state index in [0.717, 1.165) is 6.42 Å². The molecule has 1 unspecified atom stereocenters. The van der Waals surface area contributed by atoms with E-state index in [1.54, 1.807) is 0 Å². The first kappa shape index (κ1) is 12.8. The monoisotopic (exact) mass is 234 g/mol. The van der Waals surface area contributed by atoms with Crippen molar-refractivity contribution in [3.05, 3.63) is 23.8 Å². The molecule has 0 spiro atoms. The second kappa shape index (κ2) is 5.75. The molecule has 90 valence electrons. The van der Waals surface area contributed by atoms with E-state index in [1.807, 2.05) is 13.0 Å². The number of amides is 1. The lowest BCUT2D eigenvalue weighted by atomic mass is 10.1. The summed E-state index contributed by atoms with van der Waals surface area (Å²) in [5.41, 5.74) is -0.205. The SMILES string of the molecule is CCCC(C#N)NC(=O)c1c(O)cccc1O. The number of aromatic hydroxyl groups is 2. The number of nitrogens with one attached hydrogen (secondary N) is 1. The van der Waals surface area contributed by atoms with Crippen molar-refractivity contribution >= 4 is 5.91 Å². The van der Waals surface area contributed by atoms with Gasteiger partial charge < -0.3 is 15.5 Å². The summed E-state index contributed by atoms with van der Waals surface area (Å²) < 4.78 is 0. The topological polar surface area (TPSA) is 93.4 Å². The van der Waals surface area contributed by atoms with Crippen LogP contribution in [0.3, 0.4) is 0 Å². The van der Waals surface area contributed by atoms with Gasteiger partial charge in [-0.2, -0.15) is 5.26 Å². The van der Waals surface area contributed by atoms with E-state index in [1.165, 1.54) is 18.2 Å². The molecular formula is C12H14N2O3. The molecule has 1 atom stereocenters. The average Bonchev–Trinajstić information content (AvgIpc) is 2.28. The van der Waals surface area contributed by atoms with Crippen molar-refractivity contribution < 1.29 is 15.0 Å². The van der Waals surface area contributed by atoms with Gasteiger partial charge in [0.15, 0.2) is 0 Å². The zero-order chi connectivity index (χ0) is 12.8. The van der Waals surface area contributed by atoms with Crippen molar-refractivity contribution in [3.63, 3.8) is 0 Å². The minimum Gasteiger partial charge on any atom is -0.507 e. The largest absolute Gasteiger partial charge is 0.507 e. The Hall–Kier alpha value is -2.22. The van der Waals surface area contributed by atoms with Crippen molar-refractivity contribution in [1.29, 1.82) is 5.26 Å². The molecule has 1 rings (SSSR count). The molecule has 0 heterocycles. The molecule has 0 aliphatic carbocycles. The smallest absolute Gasteiger partial charge is 0.259 e. The third-order valence-corrected chi connectivity index (χ3v) is 2.29. The predicted molar refractivity (Wildman–Crippen MR) is 61.5 cm³/mol. The Morgan fingerprint density at radius 2 is 2.06 bits per heavy atom. The van der Waals surface area contributed by atoms with Crippen LogP contribution in [0, 0.1) is 11.3 Å². The molecule has 0 aromatic heterocycles. The van der Waals surface area contributed by atoms with Crippen LogP contribution < -0.4 is 5.32 Å². The van der Waals surface area contributed by atoms with Gasteiger partial charge in [0.1, 0.15) is 23.1 Å². The second-order valence-corrected chi connectivity index (χ2v) is 3.62. The van der Waals surface area contributed by atoms with Crippen molar-refractivity contribution in [2.24, 2.45) is 0 Å². The molecular weight excluding hydrogens is 220 g/mol. The molecule has 0 saturated heterocycles. The van der Waals surface area contributed by atoms with Gasteiger partial charge in [-0.3, -0.25) is 4.79 Å². The molecule has 0 saturated carbocycles. The maximum atomic E-state index is 11.7. The molecule has 0 bridgehead atoms. The Morgan fingerprint density at radius 3 is 2.53 bits per heavy atom. The summed E-state index contributed by atoms with van der Waals surface area (Å²) in [6.45, 7) is 1.90. The van der Waals surface area contributed by atoms with E-state index in [-0.39, 0.29) is 17.1 Å². The van der Waals surface area contributed by atoms with Crippen LogP contribution in [0.1, 0.15) is 30.1 Å². The number of nitriles is 1. The van der Waals surface area contributed by atoms with E-state index >= 15 is 0 Å². The zero-order valence-corrected chi connectivity index (χ0v) is 9.47. The Morgan fingerprint density at radius 1 is 1.47 bits per heavy atom. The molecule has 5 heteroatoms. The van der Waals surface area contributed by atoms with Crippen molar-refractivity contribution in [1.82, 2.24) is 5.32 Å². The summed E-state index contributed by atoms with van der Waals surface area (Å²) in [7, 11) is 0. The summed E-state index contributed by atoms with van der Waals surface area (Å²) >= 11 is 0. The van der Waals surface area contributed by atoms with Gasteiger partial charge in [0, 0.05) is 0 Å². The van der Waals surface area contributed by atoms with Crippen LogP contribution in [0.2, 0.25) is 0 Å². The lowest BCUT2D eigenvalue weighted by molar-refractivity contribution is 0.0938. The lowest BCUT2D eigenvalue weighted by Crippen LogP contribution is -2.33. The molecule has 5 nitrogen and oxygen atoms in total. The average molecular weight is 234 g/mol. The van der Waals surface area contributed by atoms with Crippen LogP contribution in [0.5, 0.6) is 11.5 Å². The van der Waals surface area contributed by atoms with E-state index < -0.39 is 11.9 Å². The predicted octanol–water partition coefficient (Wildman–Crippen LogP) is 1.52. The summed E-state index contributed by atoms with van der Waals surface area (Å²) in [6, 6.07) is 5.36. The number of carbonyl (C=O) groups excluding carboxylic acids is 1. The highest BCUT2D eigenvalue weighted by molar-refractivity contribution is 5.99. The normalized spacial score (nSPS) is 11.5. The van der Waals surface area contributed by atoms with Gasteiger partial charge in [-0.1, -0.05) is 19.4 Å². The molecule has 3 N–H and O–H groups in total. The van der Waals surface area contributed by atoms with Gasteiger partial charge in [0.05, 0.1) is 6.07 Å². The second-order valence-electron chi connectivity index (χ2n) is 3.62. The number of nitrogens with zero attached hydrogens (tertiary/aromatic N) is 1. The summed E-state index contributed by atoms with van der Waals surface area (Å²) in [4.78, 5) is 11.7. The van der Waals surface area contributed by atoms with Crippen molar-refractivity contribution in [3.8, 4) is 17.6 Å². The highest BCUT2D eigenvalue weighted by atomic mass is 16.3. The Bertz CT molecular complexity index is 431. The Kier molecular flexibility index (Phi) is 4.35. The van der Waals surface area contributed by atoms with Gasteiger partial charge in [-0.25, -0.2) is 0 Å². The van der Waals surface area contributed by atoms with E-state index in [9.17, 15) is 15.0 Å². The highest BCUT2D eigenvalue weighted by Gasteiger charge is 2.18. The number of phenolic OH excluding ortho intramolecular Hbond substituents is 2. The minimum absolute atomic E-state index is 0.205. The molecule has 17 heavy (non-hydrogen) atoms. The summed E-state index contributed by atoms with van der Waals surface area (Å²) in [5.74, 6) is -1.27. The van der Waals surface area contributed by atoms with Crippen LogP contribution in [0.15, 0.2) is 18.2 Å². The highest BCUT2D eigenvalue weighted by Crippen LogP contribution is 2.26. The molecule has 0 aliphatic rings. The molecule has 1 aromatic carbocycles. The first-order valence-corrected chi connectivity index (χ1v) is 5.31. The fraction of sp³-hybridized carbons (Fsp3) is 0.333. The number of carbonyl (C=O) groups is 1. The molecule has 1 amide bonds. The van der Waals surface area contributed by atoms with Crippen LogP contribution in [0.4, 0.5) is 0 Å². The van der Waals surface area contributed by atoms with Crippen LogP contribution in [-0.2, 0) is 0 Å². The molecule has 0 radical (unpaired) electrons. The number of phenols is 2. The maximum Gasteiger partial charge on any atom is 0.259 e. The first-order valence-electron chi connectivity index (χ1n) is 5.31. The van der Waals surface area contributed by atoms with Crippen LogP contribution in [0.25, 0.3) is 0 Å². The van der Waals surface area contributed by atoms with Gasteiger partial charge in [0.25, 0.3) is 5.91 Å².